The van der Waals surface area contributed by atoms with E-state index < -0.39 is 0 Å². The zero-order valence-corrected chi connectivity index (χ0v) is 15.9. The van der Waals surface area contributed by atoms with E-state index in [-0.39, 0.29) is 0 Å². The van der Waals surface area contributed by atoms with Crippen molar-refractivity contribution in [1.29, 1.82) is 0 Å². The number of anilines is 1. The number of hydrogen-bond donors (Lipinski definition) is 1. The third kappa shape index (κ3) is 4.65. The zero-order valence-electron chi connectivity index (χ0n) is 15.9. The molecule has 0 amide bonds. The monoisotopic (exact) mass is 351 g/mol. The maximum Gasteiger partial charge on any atom is 0.0320 e. The third-order valence-electron chi connectivity index (χ3n) is 4.64. The van der Waals surface area contributed by atoms with E-state index >= 15 is 0 Å². The Morgan fingerprint density at radius 1 is 0.815 bits per heavy atom. The van der Waals surface area contributed by atoms with Crippen molar-refractivity contribution in [2.24, 2.45) is 0 Å². The molecule has 0 fully saturated rings. The first kappa shape index (κ1) is 18.5. The van der Waals surface area contributed by atoms with E-state index in [1.807, 2.05) is 18.2 Å². The minimum atomic E-state index is 0.781. The summed E-state index contributed by atoms with van der Waals surface area (Å²) in [6.07, 6.45) is 6.32. The van der Waals surface area contributed by atoms with Crippen LogP contribution in [0.4, 0.5) is 5.69 Å². The van der Waals surface area contributed by atoms with Gasteiger partial charge in [-0.2, -0.15) is 0 Å². The van der Waals surface area contributed by atoms with Crippen LogP contribution in [0.1, 0.15) is 23.6 Å². The third-order valence-corrected chi connectivity index (χ3v) is 4.64. The van der Waals surface area contributed by atoms with Crippen LogP contribution in [-0.4, -0.2) is 0 Å². The minimum Gasteiger partial charge on any atom is -0.399 e. The second-order valence-electron chi connectivity index (χ2n) is 6.67. The standard InChI is InChI=1S/C26H25N/c1-4-21(13-10-20(3)22-11-8-19(2)9-12-22)23-14-16-24(17-15-23)25-6-5-7-26(27)18-25/h4-18H,3,27H2,1-2H3/b13-10-,21-4+. The molecule has 1 nitrogen and oxygen atoms in total. The molecule has 1 heteroatoms. The summed E-state index contributed by atoms with van der Waals surface area (Å²) >= 11 is 0. The number of hydrogen-bond acceptors (Lipinski definition) is 1. The highest BCUT2D eigenvalue weighted by Crippen LogP contribution is 2.25. The van der Waals surface area contributed by atoms with Gasteiger partial charge in [0.2, 0.25) is 0 Å². The fourth-order valence-electron chi connectivity index (χ4n) is 2.99. The van der Waals surface area contributed by atoms with Gasteiger partial charge in [-0.05, 0) is 59.4 Å². The lowest BCUT2D eigenvalue weighted by atomic mass is 9.98. The van der Waals surface area contributed by atoms with Gasteiger partial charge < -0.3 is 5.73 Å². The second-order valence-corrected chi connectivity index (χ2v) is 6.67. The Labute approximate surface area is 162 Å². The van der Waals surface area contributed by atoms with Crippen molar-refractivity contribution < 1.29 is 0 Å². The van der Waals surface area contributed by atoms with E-state index in [1.54, 1.807) is 0 Å². The van der Waals surface area contributed by atoms with Gasteiger partial charge in [0.15, 0.2) is 0 Å². The van der Waals surface area contributed by atoms with Crippen LogP contribution < -0.4 is 5.73 Å². The van der Waals surface area contributed by atoms with Gasteiger partial charge >= 0.3 is 0 Å². The highest BCUT2D eigenvalue weighted by atomic mass is 14.5. The molecule has 0 aromatic heterocycles. The SMILES string of the molecule is C=C(/C=C\C(=C/C)c1ccc(-c2cccc(N)c2)cc1)c1ccc(C)cc1. The van der Waals surface area contributed by atoms with Crippen molar-refractivity contribution >= 4 is 16.8 Å². The number of aryl methyl sites for hydroxylation is 1. The lowest BCUT2D eigenvalue weighted by Gasteiger charge is -2.07. The molecule has 0 heterocycles. The van der Waals surface area contributed by atoms with Crippen molar-refractivity contribution in [1.82, 2.24) is 0 Å². The average Bonchev–Trinajstić information content (AvgIpc) is 2.69. The van der Waals surface area contributed by atoms with Crippen LogP contribution in [0.25, 0.3) is 22.3 Å². The van der Waals surface area contributed by atoms with Gasteiger partial charge in [-0.15, -0.1) is 0 Å². The number of benzene rings is 3. The number of nitrogens with two attached hydrogens (primary N) is 1. The molecule has 3 aromatic rings. The predicted octanol–water partition coefficient (Wildman–Crippen LogP) is 6.92. The first-order valence-corrected chi connectivity index (χ1v) is 9.13. The Morgan fingerprint density at radius 3 is 2.11 bits per heavy atom. The van der Waals surface area contributed by atoms with Crippen LogP contribution in [0.2, 0.25) is 0 Å². The molecule has 0 aliphatic heterocycles. The fraction of sp³-hybridized carbons (Fsp3) is 0.0769. The Bertz CT molecular complexity index is 987. The molecule has 0 saturated heterocycles. The summed E-state index contributed by atoms with van der Waals surface area (Å²) in [6, 6.07) is 25.0. The molecular formula is C26H25N. The summed E-state index contributed by atoms with van der Waals surface area (Å²) in [4.78, 5) is 0. The molecule has 0 unspecified atom stereocenters. The Kier molecular flexibility index (Phi) is 5.73. The van der Waals surface area contributed by atoms with E-state index in [0.29, 0.717) is 0 Å². The largest absolute Gasteiger partial charge is 0.399 e. The molecule has 2 N–H and O–H groups in total. The molecule has 0 aliphatic carbocycles. The van der Waals surface area contributed by atoms with Gasteiger partial charge in [0.25, 0.3) is 0 Å². The van der Waals surface area contributed by atoms with Crippen LogP contribution in [0.5, 0.6) is 0 Å². The topological polar surface area (TPSA) is 26.0 Å². The Balaban J connectivity index is 1.77. The Morgan fingerprint density at radius 2 is 1.48 bits per heavy atom. The summed E-state index contributed by atoms with van der Waals surface area (Å²) in [6.45, 7) is 8.34. The van der Waals surface area contributed by atoms with Crippen molar-refractivity contribution in [2.45, 2.75) is 13.8 Å². The molecule has 27 heavy (non-hydrogen) atoms. The van der Waals surface area contributed by atoms with Gasteiger partial charge in [-0.1, -0.05) is 91.0 Å². The first-order valence-electron chi connectivity index (χ1n) is 9.13. The smallest absolute Gasteiger partial charge is 0.0320 e. The lowest BCUT2D eigenvalue weighted by molar-refractivity contribution is 1.46. The summed E-state index contributed by atoms with van der Waals surface area (Å²) < 4.78 is 0. The van der Waals surface area contributed by atoms with Gasteiger partial charge in [0.05, 0.1) is 0 Å². The molecule has 134 valence electrons. The summed E-state index contributed by atoms with van der Waals surface area (Å²) in [7, 11) is 0. The van der Waals surface area contributed by atoms with E-state index in [4.69, 9.17) is 5.73 Å². The quantitative estimate of drug-likeness (QED) is 0.392. The molecule has 0 radical (unpaired) electrons. The molecular weight excluding hydrogens is 326 g/mol. The Hall–Kier alpha value is -3.32. The normalized spacial score (nSPS) is 11.7. The minimum absolute atomic E-state index is 0.781. The zero-order chi connectivity index (χ0) is 19.2. The van der Waals surface area contributed by atoms with E-state index in [9.17, 15) is 0 Å². The fourth-order valence-corrected chi connectivity index (χ4v) is 2.99. The lowest BCUT2D eigenvalue weighted by Crippen LogP contribution is -1.86. The summed E-state index contributed by atoms with van der Waals surface area (Å²) in [5.74, 6) is 0. The van der Waals surface area contributed by atoms with Gasteiger partial charge in [0.1, 0.15) is 0 Å². The van der Waals surface area contributed by atoms with E-state index in [2.05, 4.69) is 93.3 Å². The molecule has 0 atom stereocenters. The molecule has 0 spiro atoms. The molecule has 0 saturated carbocycles. The molecule has 3 aromatic carbocycles. The van der Waals surface area contributed by atoms with Crippen LogP contribution in [0.15, 0.2) is 97.6 Å². The maximum atomic E-state index is 5.89. The highest BCUT2D eigenvalue weighted by molar-refractivity contribution is 5.81. The van der Waals surface area contributed by atoms with E-state index in [1.165, 1.54) is 16.7 Å². The highest BCUT2D eigenvalue weighted by Gasteiger charge is 2.02. The molecule has 0 bridgehead atoms. The van der Waals surface area contributed by atoms with Crippen LogP contribution in [0.3, 0.4) is 0 Å². The molecule has 3 rings (SSSR count). The van der Waals surface area contributed by atoms with Crippen molar-refractivity contribution in [3.63, 3.8) is 0 Å². The first-order chi connectivity index (χ1) is 13.1. The van der Waals surface area contributed by atoms with Crippen LogP contribution >= 0.6 is 0 Å². The summed E-state index contributed by atoms with van der Waals surface area (Å²) in [5.41, 5.74) is 14.7. The van der Waals surface area contributed by atoms with Crippen molar-refractivity contribution in [3.05, 3.63) is 114 Å². The average molecular weight is 351 g/mol. The van der Waals surface area contributed by atoms with Gasteiger partial charge in [-0.25, -0.2) is 0 Å². The van der Waals surface area contributed by atoms with Gasteiger partial charge in [0, 0.05) is 5.69 Å². The van der Waals surface area contributed by atoms with Crippen LogP contribution in [-0.2, 0) is 0 Å². The van der Waals surface area contributed by atoms with Crippen LogP contribution in [0, 0.1) is 6.92 Å². The molecule has 0 aliphatic rings. The number of nitrogen functional groups attached to an aromatic ring is 1. The predicted molar refractivity (Wildman–Crippen MR) is 119 cm³/mol. The summed E-state index contributed by atoms with van der Waals surface area (Å²) in [5, 5.41) is 0. The number of rotatable bonds is 5. The maximum absolute atomic E-state index is 5.89. The van der Waals surface area contributed by atoms with Crippen molar-refractivity contribution in [3.8, 4) is 11.1 Å². The van der Waals surface area contributed by atoms with Gasteiger partial charge in [-0.3, -0.25) is 0 Å². The van der Waals surface area contributed by atoms with E-state index in [0.717, 1.165) is 28.0 Å². The number of allylic oxidation sites excluding steroid dienone is 5. The second kappa shape index (κ2) is 8.37. The van der Waals surface area contributed by atoms with Crippen molar-refractivity contribution in [2.75, 3.05) is 5.73 Å².